The number of carbonyl (C=O) groups excluding carboxylic acids is 1. The first-order valence-corrected chi connectivity index (χ1v) is 6.41. The lowest BCUT2D eigenvalue weighted by molar-refractivity contribution is -0.145. The van der Waals surface area contributed by atoms with Crippen molar-refractivity contribution >= 4 is 5.97 Å². The van der Waals surface area contributed by atoms with Crippen molar-refractivity contribution in [1.29, 1.82) is 0 Å². The van der Waals surface area contributed by atoms with Gasteiger partial charge in [-0.15, -0.1) is 0 Å². The molecule has 0 aliphatic carbocycles. The van der Waals surface area contributed by atoms with E-state index in [9.17, 15) is 18.0 Å². The van der Waals surface area contributed by atoms with Gasteiger partial charge in [-0.25, -0.2) is 18.0 Å². The van der Waals surface area contributed by atoms with Crippen molar-refractivity contribution in [3.63, 3.8) is 0 Å². The lowest BCUT2D eigenvalue weighted by Gasteiger charge is -2.19. The first-order chi connectivity index (χ1) is 9.36. The van der Waals surface area contributed by atoms with Crippen LogP contribution in [0.4, 0.5) is 13.2 Å². The second kappa shape index (κ2) is 7.28. The minimum absolute atomic E-state index is 0.000463. The van der Waals surface area contributed by atoms with Crippen LogP contribution in [0.25, 0.3) is 0 Å². The van der Waals surface area contributed by atoms with Gasteiger partial charge >= 0.3 is 5.97 Å². The lowest BCUT2D eigenvalue weighted by Crippen LogP contribution is -2.33. The molecule has 0 saturated carbocycles. The number of nitrogens with one attached hydrogen (secondary N) is 1. The van der Waals surface area contributed by atoms with Crippen LogP contribution in [0, 0.1) is 23.4 Å². The molecule has 1 N–H and O–H groups in total. The molecule has 6 heteroatoms. The van der Waals surface area contributed by atoms with Crippen molar-refractivity contribution < 1.29 is 22.7 Å². The van der Waals surface area contributed by atoms with Crippen LogP contribution < -0.4 is 5.32 Å². The Kier molecular flexibility index (Phi) is 6.01. The number of hydrogen-bond acceptors (Lipinski definition) is 3. The van der Waals surface area contributed by atoms with Gasteiger partial charge in [0.2, 0.25) is 0 Å². The Bertz CT molecular complexity index is 454. The minimum Gasteiger partial charge on any atom is -0.465 e. The van der Waals surface area contributed by atoms with E-state index in [-0.39, 0.29) is 18.1 Å². The van der Waals surface area contributed by atoms with Crippen LogP contribution in [0.3, 0.4) is 0 Å². The largest absolute Gasteiger partial charge is 0.465 e. The van der Waals surface area contributed by atoms with Gasteiger partial charge in [-0.1, -0.05) is 13.8 Å². The summed E-state index contributed by atoms with van der Waals surface area (Å²) in [7, 11) is 0. The molecule has 0 saturated heterocycles. The van der Waals surface area contributed by atoms with Crippen molar-refractivity contribution in [2.75, 3.05) is 13.2 Å². The van der Waals surface area contributed by atoms with Crippen LogP contribution in [0.5, 0.6) is 0 Å². The summed E-state index contributed by atoms with van der Waals surface area (Å²) in [4.78, 5) is 11.8. The summed E-state index contributed by atoms with van der Waals surface area (Å²) >= 11 is 0. The van der Waals surface area contributed by atoms with Crippen molar-refractivity contribution in [3.8, 4) is 0 Å². The van der Waals surface area contributed by atoms with E-state index in [4.69, 9.17) is 4.74 Å². The Labute approximate surface area is 116 Å². The summed E-state index contributed by atoms with van der Waals surface area (Å²) in [6.45, 7) is 6.06. The van der Waals surface area contributed by atoms with Gasteiger partial charge in [0.05, 0.1) is 6.61 Å². The van der Waals surface area contributed by atoms with E-state index in [2.05, 4.69) is 5.32 Å². The topological polar surface area (TPSA) is 38.3 Å². The quantitative estimate of drug-likeness (QED) is 0.646. The molecule has 1 unspecified atom stereocenters. The van der Waals surface area contributed by atoms with Gasteiger partial charge in [0.1, 0.15) is 6.04 Å². The van der Waals surface area contributed by atoms with Crippen LogP contribution in [-0.4, -0.2) is 19.1 Å². The first-order valence-electron chi connectivity index (χ1n) is 6.41. The summed E-state index contributed by atoms with van der Waals surface area (Å²) < 4.78 is 44.3. The zero-order valence-electron chi connectivity index (χ0n) is 11.7. The van der Waals surface area contributed by atoms with Gasteiger partial charge in [0.15, 0.2) is 17.5 Å². The Hall–Kier alpha value is -1.56. The van der Waals surface area contributed by atoms with E-state index in [0.717, 1.165) is 12.1 Å². The maximum Gasteiger partial charge on any atom is 0.327 e. The van der Waals surface area contributed by atoms with Crippen molar-refractivity contribution in [3.05, 3.63) is 35.1 Å². The van der Waals surface area contributed by atoms with Crippen LogP contribution >= 0.6 is 0 Å². The number of hydrogen-bond donors (Lipinski definition) is 1. The molecule has 0 radical (unpaired) electrons. The van der Waals surface area contributed by atoms with Crippen molar-refractivity contribution in [1.82, 2.24) is 5.32 Å². The third-order valence-electron chi connectivity index (χ3n) is 2.59. The van der Waals surface area contributed by atoms with Gasteiger partial charge in [-0.3, -0.25) is 0 Å². The predicted molar refractivity (Wildman–Crippen MR) is 68.5 cm³/mol. The highest BCUT2D eigenvalue weighted by molar-refractivity contribution is 5.77. The molecule has 1 aromatic rings. The maximum atomic E-state index is 13.3. The van der Waals surface area contributed by atoms with Crippen LogP contribution in [0.2, 0.25) is 0 Å². The zero-order chi connectivity index (χ0) is 15.3. The molecule has 3 nitrogen and oxygen atoms in total. The van der Waals surface area contributed by atoms with E-state index >= 15 is 0 Å². The van der Waals surface area contributed by atoms with Gasteiger partial charge < -0.3 is 10.1 Å². The smallest absolute Gasteiger partial charge is 0.327 e. The SMILES string of the molecule is CCOC(=O)C(NCC(C)C)c1cc(F)c(F)c(F)c1. The third-order valence-corrected chi connectivity index (χ3v) is 2.59. The van der Waals surface area contributed by atoms with E-state index in [0.29, 0.717) is 6.54 Å². The monoisotopic (exact) mass is 289 g/mol. The molecule has 0 bridgehead atoms. The Morgan fingerprint density at radius 2 is 1.80 bits per heavy atom. The second-order valence-corrected chi connectivity index (χ2v) is 4.79. The van der Waals surface area contributed by atoms with Crippen LogP contribution in [0.1, 0.15) is 32.4 Å². The highest BCUT2D eigenvalue weighted by Gasteiger charge is 2.24. The van der Waals surface area contributed by atoms with Gasteiger partial charge in [0.25, 0.3) is 0 Å². The summed E-state index contributed by atoms with van der Waals surface area (Å²) in [5.74, 6) is -4.65. The summed E-state index contributed by atoms with van der Waals surface area (Å²) in [5, 5.41) is 2.86. The van der Waals surface area contributed by atoms with E-state index in [1.165, 1.54) is 0 Å². The highest BCUT2D eigenvalue weighted by Crippen LogP contribution is 2.21. The molecule has 112 valence electrons. The summed E-state index contributed by atoms with van der Waals surface area (Å²) in [6.07, 6.45) is 0. The molecule has 0 spiro atoms. The predicted octanol–water partition coefficient (Wildman–Crippen LogP) is 2.95. The van der Waals surface area contributed by atoms with Crippen LogP contribution in [0.15, 0.2) is 12.1 Å². The third kappa shape index (κ3) is 4.23. The molecule has 0 aliphatic rings. The molecule has 0 fully saturated rings. The molecule has 0 amide bonds. The molecule has 1 rings (SSSR count). The summed E-state index contributed by atoms with van der Waals surface area (Å²) in [5.41, 5.74) is 0.000463. The number of rotatable bonds is 6. The van der Waals surface area contributed by atoms with Crippen LogP contribution in [-0.2, 0) is 9.53 Å². The number of ether oxygens (including phenoxy) is 1. The number of halogens is 3. The fourth-order valence-electron chi connectivity index (χ4n) is 1.66. The van der Waals surface area contributed by atoms with E-state index in [1.54, 1.807) is 6.92 Å². The molecule has 0 heterocycles. The first kappa shape index (κ1) is 16.5. The fourth-order valence-corrected chi connectivity index (χ4v) is 1.66. The molecule has 20 heavy (non-hydrogen) atoms. The number of carbonyl (C=O) groups is 1. The molecule has 1 atom stereocenters. The number of benzene rings is 1. The van der Waals surface area contributed by atoms with E-state index in [1.807, 2.05) is 13.8 Å². The van der Waals surface area contributed by atoms with Gasteiger partial charge in [-0.05, 0) is 37.1 Å². The molecular weight excluding hydrogens is 271 g/mol. The highest BCUT2D eigenvalue weighted by atomic mass is 19.2. The van der Waals surface area contributed by atoms with Gasteiger partial charge in [0, 0.05) is 0 Å². The Morgan fingerprint density at radius 1 is 1.25 bits per heavy atom. The molecule has 0 aromatic heterocycles. The molecule has 0 aliphatic heterocycles. The standard InChI is InChI=1S/C14H18F3NO2/c1-4-20-14(19)13(18-7-8(2)3)9-5-10(15)12(17)11(16)6-9/h5-6,8,13,18H,4,7H2,1-3H3. The zero-order valence-corrected chi connectivity index (χ0v) is 11.7. The second-order valence-electron chi connectivity index (χ2n) is 4.79. The fraction of sp³-hybridized carbons (Fsp3) is 0.500. The van der Waals surface area contributed by atoms with Gasteiger partial charge in [-0.2, -0.15) is 0 Å². The Balaban J connectivity index is 3.06. The normalized spacial score (nSPS) is 12.6. The van der Waals surface area contributed by atoms with Crippen molar-refractivity contribution in [2.45, 2.75) is 26.8 Å². The summed E-state index contributed by atoms with van der Waals surface area (Å²) in [6, 6.07) is 0.572. The molecule has 1 aromatic carbocycles. The van der Waals surface area contributed by atoms with E-state index < -0.39 is 29.5 Å². The average Bonchev–Trinajstić information content (AvgIpc) is 2.36. The molecular formula is C14H18F3NO2. The Morgan fingerprint density at radius 3 is 2.25 bits per heavy atom. The van der Waals surface area contributed by atoms with Crippen molar-refractivity contribution in [2.24, 2.45) is 5.92 Å². The average molecular weight is 289 g/mol. The lowest BCUT2D eigenvalue weighted by atomic mass is 10.1. The maximum absolute atomic E-state index is 13.3. The number of esters is 1. The minimum atomic E-state index is -1.56.